The lowest BCUT2D eigenvalue weighted by Crippen LogP contribution is -2.52. The highest BCUT2D eigenvalue weighted by atomic mass is 32.1. The van der Waals surface area contributed by atoms with E-state index in [0.717, 1.165) is 80.4 Å². The highest BCUT2D eigenvalue weighted by molar-refractivity contribution is 7.12. The molecule has 2 unspecified atom stereocenters. The molecule has 0 spiro atoms. The summed E-state index contributed by atoms with van der Waals surface area (Å²) in [6.07, 6.45) is 6.97. The Balaban J connectivity index is 0.893. The molecule has 16 nitrogen and oxygen atoms in total. The van der Waals surface area contributed by atoms with Gasteiger partial charge in [0.2, 0.25) is 12.1 Å². The second kappa shape index (κ2) is 17.3. The van der Waals surface area contributed by atoms with Crippen molar-refractivity contribution in [3.05, 3.63) is 88.4 Å². The number of benzene rings is 2. The molecular formula is C51H57N9O7S. The van der Waals surface area contributed by atoms with E-state index in [1.54, 1.807) is 0 Å². The molecule has 4 aromatic heterocycles. The van der Waals surface area contributed by atoms with Crippen molar-refractivity contribution in [1.29, 1.82) is 0 Å². The molecular weight excluding hydrogens is 883 g/mol. The van der Waals surface area contributed by atoms with Crippen LogP contribution in [0.3, 0.4) is 0 Å². The van der Waals surface area contributed by atoms with Crippen LogP contribution < -0.4 is 20.7 Å². The van der Waals surface area contributed by atoms with E-state index < -0.39 is 36.5 Å². The van der Waals surface area contributed by atoms with Crippen molar-refractivity contribution >= 4 is 46.1 Å². The lowest BCUT2D eigenvalue weighted by atomic mass is 9.88. The molecule has 0 bridgehead atoms. The Morgan fingerprint density at radius 1 is 0.794 bits per heavy atom. The first-order chi connectivity index (χ1) is 32.9. The SMILES string of the molecule is COC(=O)N[C@H](C(=O)C1NCC[C@H]1c1ncc(-c2ccc3c(c2)OC(c2ccc(C4CC4)s2)n2c-3cc3cc(-c4cnc([C@@H]5C[C@H]6C[C@H]6N5C(=O)[C@@H](NC(=O)OC)C(C)C)[nH]4)ccc32)[nH]1)C(C)C. The number of hydrogen-bond donors (Lipinski definition) is 5. The van der Waals surface area contributed by atoms with E-state index in [0.29, 0.717) is 24.2 Å². The van der Waals surface area contributed by atoms with Crippen molar-refractivity contribution in [2.45, 2.75) is 108 Å². The van der Waals surface area contributed by atoms with E-state index in [2.05, 4.69) is 85.1 Å². The molecule has 3 amide bonds. The Morgan fingerprint density at radius 3 is 2.19 bits per heavy atom. The number of ether oxygens (including phenoxy) is 3. The Labute approximate surface area is 397 Å². The molecule has 354 valence electrons. The molecule has 8 atom stereocenters. The van der Waals surface area contributed by atoms with E-state index in [4.69, 9.17) is 24.2 Å². The van der Waals surface area contributed by atoms with Crippen LogP contribution in [0.1, 0.15) is 105 Å². The van der Waals surface area contributed by atoms with Gasteiger partial charge in [-0.05, 0) is 105 Å². The third kappa shape index (κ3) is 7.82. The maximum Gasteiger partial charge on any atom is 0.407 e. The van der Waals surface area contributed by atoms with Crippen molar-refractivity contribution in [3.8, 4) is 39.5 Å². The number of carbonyl (C=O) groups is 4. The number of H-pyrrole nitrogens is 2. The molecule has 5 aliphatic rings. The molecule has 2 saturated heterocycles. The number of thiophene rings is 1. The molecule has 0 radical (unpaired) electrons. The second-order valence-corrected chi connectivity index (χ2v) is 20.9. The van der Waals surface area contributed by atoms with Crippen molar-refractivity contribution in [3.63, 3.8) is 0 Å². The molecule has 11 rings (SSSR count). The topological polar surface area (TPSA) is 198 Å². The van der Waals surface area contributed by atoms with Crippen LogP contribution in [0.15, 0.2) is 67.0 Å². The fraction of sp³-hybridized carbons (Fsp3) is 0.451. The largest absolute Gasteiger partial charge is 0.464 e. The van der Waals surface area contributed by atoms with Crippen LogP contribution in [0, 0.1) is 17.8 Å². The number of fused-ring (bicyclic) bond motifs is 6. The van der Waals surface area contributed by atoms with Gasteiger partial charge in [0.1, 0.15) is 23.4 Å². The van der Waals surface area contributed by atoms with E-state index in [1.165, 1.54) is 31.9 Å². The van der Waals surface area contributed by atoms with Crippen LogP contribution in [-0.2, 0) is 19.1 Å². The van der Waals surface area contributed by atoms with Gasteiger partial charge in [-0.2, -0.15) is 0 Å². The van der Waals surface area contributed by atoms with Crippen LogP contribution >= 0.6 is 11.3 Å². The number of rotatable bonds is 13. The highest BCUT2D eigenvalue weighted by Crippen LogP contribution is 2.54. The number of carbonyl (C=O) groups excluding carboxylic acids is 4. The lowest BCUT2D eigenvalue weighted by molar-refractivity contribution is -0.136. The summed E-state index contributed by atoms with van der Waals surface area (Å²) in [5.41, 5.74) is 6.62. The van der Waals surface area contributed by atoms with E-state index >= 15 is 0 Å². The molecule has 2 saturated carbocycles. The van der Waals surface area contributed by atoms with Gasteiger partial charge in [-0.25, -0.2) is 19.6 Å². The summed E-state index contributed by atoms with van der Waals surface area (Å²) < 4.78 is 19.0. The molecule has 68 heavy (non-hydrogen) atoms. The molecule has 5 N–H and O–H groups in total. The standard InChI is InChI=1S/C51H57N9O7S/c1-24(2)42(57-50(63)65-5)45(61)44-32(15-16-52-44)46-53-22-34(55-46)28-9-11-31-37-19-29-17-27(10-12-35(29)60(37)49(67-39(31)21-28)41-14-13-40(68-41)26-7-8-26)33-23-54-47(56-33)38-20-30-18-36(30)59(38)48(62)43(25(3)4)58-51(64)66-6/h9-14,17,19,21-26,30,32,36,38,42-44,49,52H,7-8,15-16,18,20H2,1-6H3,(H,53,55)(H,54,56)(H,57,63)(H,58,64)/t30-,32-,36-,38+,42+,43+,44?,49?/m1/s1. The molecule has 6 aromatic rings. The summed E-state index contributed by atoms with van der Waals surface area (Å²) in [7, 11) is 2.60. The molecule has 7 heterocycles. The smallest absolute Gasteiger partial charge is 0.407 e. The predicted molar refractivity (Wildman–Crippen MR) is 256 cm³/mol. The molecule has 4 fully saturated rings. The summed E-state index contributed by atoms with van der Waals surface area (Å²) in [5, 5.41) is 9.92. The summed E-state index contributed by atoms with van der Waals surface area (Å²) in [6.45, 7) is 8.32. The Morgan fingerprint density at radius 2 is 1.47 bits per heavy atom. The van der Waals surface area contributed by atoms with Gasteiger partial charge in [0.05, 0.1) is 72.2 Å². The second-order valence-electron chi connectivity index (χ2n) is 19.7. The third-order valence-electron chi connectivity index (χ3n) is 14.6. The number of nitrogens with zero attached hydrogens (tertiary/aromatic N) is 4. The number of methoxy groups -OCH3 is 2. The quantitative estimate of drug-likeness (QED) is 0.0750. The number of aromatic nitrogens is 5. The number of Topliss-reactive ketones (excluding diaryl/α,β-unsaturated/α-hetero) is 1. The number of imidazole rings is 2. The predicted octanol–water partition coefficient (Wildman–Crippen LogP) is 8.40. The number of hydrogen-bond acceptors (Lipinski definition) is 11. The third-order valence-corrected chi connectivity index (χ3v) is 15.9. The number of likely N-dealkylation sites (tertiary alicyclic amines) is 1. The summed E-state index contributed by atoms with van der Waals surface area (Å²) >= 11 is 1.82. The van der Waals surface area contributed by atoms with Crippen LogP contribution in [-0.4, -0.2) is 98.2 Å². The van der Waals surface area contributed by atoms with Gasteiger partial charge in [-0.1, -0.05) is 39.8 Å². The van der Waals surface area contributed by atoms with Crippen molar-refractivity contribution in [1.82, 2.24) is 45.4 Å². The van der Waals surface area contributed by atoms with Gasteiger partial charge in [-0.3, -0.25) is 14.2 Å². The number of alkyl carbamates (subject to hydrolysis) is 2. The fourth-order valence-corrected chi connectivity index (χ4v) is 12.0. The van der Waals surface area contributed by atoms with Crippen molar-refractivity contribution in [2.75, 3.05) is 20.8 Å². The zero-order valence-electron chi connectivity index (χ0n) is 39.0. The van der Waals surface area contributed by atoms with Gasteiger partial charge in [0.15, 0.2) is 5.78 Å². The lowest BCUT2D eigenvalue weighted by Gasteiger charge is -2.31. The number of aromatic amines is 2. The Hall–Kier alpha value is -6.46. The summed E-state index contributed by atoms with van der Waals surface area (Å²) in [6, 6.07) is 17.4. The van der Waals surface area contributed by atoms with Crippen LogP contribution in [0.2, 0.25) is 0 Å². The van der Waals surface area contributed by atoms with E-state index in [-0.39, 0.29) is 41.5 Å². The van der Waals surface area contributed by atoms with Gasteiger partial charge >= 0.3 is 12.2 Å². The molecule has 2 aromatic carbocycles. The number of ketones is 1. The number of nitrogens with one attached hydrogen (secondary N) is 5. The zero-order valence-corrected chi connectivity index (χ0v) is 39.8. The minimum Gasteiger partial charge on any atom is -0.464 e. The fourth-order valence-electron chi connectivity index (χ4n) is 10.8. The van der Waals surface area contributed by atoms with Crippen molar-refractivity contribution in [2.24, 2.45) is 17.8 Å². The van der Waals surface area contributed by atoms with Crippen molar-refractivity contribution < 1.29 is 33.4 Å². The highest BCUT2D eigenvalue weighted by Gasteiger charge is 2.56. The minimum atomic E-state index is -0.704. The maximum atomic E-state index is 14.0. The van der Waals surface area contributed by atoms with Gasteiger partial charge < -0.3 is 45.0 Å². The van der Waals surface area contributed by atoms with E-state index in [1.807, 2.05) is 56.3 Å². The Bertz CT molecular complexity index is 2950. The first kappa shape index (κ1) is 44.1. The normalized spacial score (nSPS) is 23.4. The summed E-state index contributed by atoms with van der Waals surface area (Å²) in [4.78, 5) is 73.5. The van der Waals surface area contributed by atoms with Crippen LogP contribution in [0.4, 0.5) is 9.59 Å². The minimum absolute atomic E-state index is 0.0955. The van der Waals surface area contributed by atoms with Gasteiger partial charge in [0.25, 0.3) is 0 Å². The zero-order chi connectivity index (χ0) is 47.1. The van der Waals surface area contributed by atoms with Gasteiger partial charge in [-0.15, -0.1) is 11.3 Å². The Kier molecular flexibility index (Phi) is 11.2. The first-order valence-corrected chi connectivity index (χ1v) is 24.6. The van der Waals surface area contributed by atoms with E-state index in [9.17, 15) is 19.2 Å². The van der Waals surface area contributed by atoms with Gasteiger partial charge in [0, 0.05) is 38.9 Å². The summed E-state index contributed by atoms with van der Waals surface area (Å²) in [5.74, 6) is 2.61. The monoisotopic (exact) mass is 939 g/mol. The van der Waals surface area contributed by atoms with Crippen LogP contribution in [0.25, 0.3) is 44.7 Å². The maximum absolute atomic E-state index is 14.0. The number of piperidine rings is 1. The average Bonchev–Trinajstić information content (AvgIpc) is 3.81. The van der Waals surface area contributed by atoms with Crippen LogP contribution in [0.5, 0.6) is 5.75 Å². The average molecular weight is 940 g/mol. The molecule has 3 aliphatic heterocycles. The first-order valence-electron chi connectivity index (χ1n) is 23.8. The number of amides is 3. The molecule has 17 heteroatoms. The molecule has 2 aliphatic carbocycles.